The Hall–Kier alpha value is -1.29. The van der Waals surface area contributed by atoms with Crippen molar-refractivity contribution >= 4 is 5.69 Å². The van der Waals surface area contributed by atoms with Gasteiger partial charge < -0.3 is 15.2 Å². The Balaban J connectivity index is 2.31. The molecule has 0 spiro atoms. The number of nitrogen functional groups attached to an aromatic ring is 1. The second kappa shape index (κ2) is 6.24. The third-order valence-electron chi connectivity index (χ3n) is 1.74. The predicted molar refractivity (Wildman–Crippen MR) is 57.4 cm³/mol. The van der Waals surface area contributed by atoms with Crippen LogP contribution < -0.4 is 10.5 Å². The summed E-state index contributed by atoms with van der Waals surface area (Å²) in [4.78, 5) is 0. The molecule has 0 aliphatic heterocycles. The molecule has 0 aromatic heterocycles. The number of anilines is 1. The third-order valence-corrected chi connectivity index (χ3v) is 1.74. The Morgan fingerprint density at radius 2 is 2.00 bits per heavy atom. The first-order chi connectivity index (χ1) is 7.22. The zero-order valence-electron chi connectivity index (χ0n) is 8.83. The van der Waals surface area contributed by atoms with Crippen LogP contribution in [0.4, 0.5) is 10.1 Å². The van der Waals surface area contributed by atoms with Crippen molar-refractivity contribution in [2.45, 2.75) is 13.3 Å². The maximum absolute atomic E-state index is 12.9. The lowest BCUT2D eigenvalue weighted by Gasteiger charge is -2.07. The molecule has 0 atom stereocenters. The maximum Gasteiger partial charge on any atom is 0.128 e. The van der Waals surface area contributed by atoms with Gasteiger partial charge in [0.2, 0.25) is 0 Å². The molecular weight excluding hydrogens is 197 g/mol. The molecule has 0 saturated heterocycles. The molecule has 2 N–H and O–H groups in total. The molecule has 1 aromatic rings. The molecule has 0 fully saturated rings. The van der Waals surface area contributed by atoms with E-state index in [4.69, 9.17) is 15.2 Å². The van der Waals surface area contributed by atoms with Gasteiger partial charge in [-0.1, -0.05) is 6.92 Å². The highest BCUT2D eigenvalue weighted by molar-refractivity contribution is 5.44. The summed E-state index contributed by atoms with van der Waals surface area (Å²) < 4.78 is 23.4. The largest absolute Gasteiger partial charge is 0.491 e. The van der Waals surface area contributed by atoms with Gasteiger partial charge in [-0.05, 0) is 12.5 Å². The zero-order chi connectivity index (χ0) is 11.1. The average Bonchev–Trinajstić information content (AvgIpc) is 2.16. The topological polar surface area (TPSA) is 44.5 Å². The lowest BCUT2D eigenvalue weighted by atomic mass is 10.3. The van der Waals surface area contributed by atoms with Gasteiger partial charge in [-0.15, -0.1) is 0 Å². The summed E-state index contributed by atoms with van der Waals surface area (Å²) in [6.07, 6.45) is 0.979. The van der Waals surface area contributed by atoms with Crippen molar-refractivity contribution in [3.63, 3.8) is 0 Å². The van der Waals surface area contributed by atoms with Gasteiger partial charge in [0.15, 0.2) is 0 Å². The molecule has 0 amide bonds. The molecule has 0 aliphatic carbocycles. The molecule has 0 aliphatic rings. The zero-order valence-corrected chi connectivity index (χ0v) is 8.83. The maximum atomic E-state index is 12.9. The highest BCUT2D eigenvalue weighted by Crippen LogP contribution is 2.17. The van der Waals surface area contributed by atoms with Crippen molar-refractivity contribution in [2.24, 2.45) is 0 Å². The van der Waals surface area contributed by atoms with Crippen molar-refractivity contribution < 1.29 is 13.9 Å². The monoisotopic (exact) mass is 213 g/mol. The summed E-state index contributed by atoms with van der Waals surface area (Å²) in [5.41, 5.74) is 5.82. The smallest absolute Gasteiger partial charge is 0.128 e. The van der Waals surface area contributed by atoms with Crippen LogP contribution in [-0.4, -0.2) is 19.8 Å². The fraction of sp³-hybridized carbons (Fsp3) is 0.455. The second-order valence-corrected chi connectivity index (χ2v) is 3.18. The Labute approximate surface area is 89.0 Å². The van der Waals surface area contributed by atoms with E-state index in [1.165, 1.54) is 12.1 Å². The number of hydrogen-bond acceptors (Lipinski definition) is 3. The van der Waals surface area contributed by atoms with Gasteiger partial charge in [0.1, 0.15) is 18.2 Å². The molecule has 0 unspecified atom stereocenters. The Kier molecular flexibility index (Phi) is 4.90. The number of halogens is 1. The van der Waals surface area contributed by atoms with E-state index in [1.807, 2.05) is 6.92 Å². The van der Waals surface area contributed by atoms with Crippen molar-refractivity contribution in [2.75, 3.05) is 25.6 Å². The van der Waals surface area contributed by atoms with Gasteiger partial charge in [0.05, 0.1) is 6.61 Å². The lowest BCUT2D eigenvalue weighted by Crippen LogP contribution is -2.07. The van der Waals surface area contributed by atoms with E-state index in [2.05, 4.69) is 0 Å². The molecule has 4 heteroatoms. The Bertz CT molecular complexity index is 284. The number of benzene rings is 1. The molecule has 0 bridgehead atoms. The van der Waals surface area contributed by atoms with Crippen LogP contribution in [0.2, 0.25) is 0 Å². The van der Waals surface area contributed by atoms with Gasteiger partial charge in [-0.2, -0.15) is 0 Å². The van der Waals surface area contributed by atoms with Crippen LogP contribution >= 0.6 is 0 Å². The molecule has 15 heavy (non-hydrogen) atoms. The van der Waals surface area contributed by atoms with Gasteiger partial charge in [-0.3, -0.25) is 0 Å². The first-order valence-corrected chi connectivity index (χ1v) is 4.99. The van der Waals surface area contributed by atoms with Crippen LogP contribution in [0.15, 0.2) is 18.2 Å². The van der Waals surface area contributed by atoms with Crippen molar-refractivity contribution in [1.82, 2.24) is 0 Å². The Morgan fingerprint density at radius 3 is 2.67 bits per heavy atom. The standard InChI is InChI=1S/C11H16FNO2/c1-2-3-14-4-5-15-11-7-9(12)6-10(13)8-11/h6-8H,2-5,13H2,1H3. The molecule has 0 saturated carbocycles. The summed E-state index contributed by atoms with van der Waals surface area (Å²) in [7, 11) is 0. The number of hydrogen-bond donors (Lipinski definition) is 1. The molecule has 3 nitrogen and oxygen atoms in total. The minimum atomic E-state index is -0.389. The molecule has 0 radical (unpaired) electrons. The molecule has 1 rings (SSSR count). The van der Waals surface area contributed by atoms with Crippen molar-refractivity contribution in [3.8, 4) is 5.75 Å². The summed E-state index contributed by atoms with van der Waals surface area (Å²) in [6, 6.07) is 4.14. The van der Waals surface area contributed by atoms with E-state index in [0.717, 1.165) is 6.42 Å². The van der Waals surface area contributed by atoms with E-state index in [9.17, 15) is 4.39 Å². The lowest BCUT2D eigenvalue weighted by molar-refractivity contribution is 0.100. The van der Waals surface area contributed by atoms with Crippen LogP contribution in [0, 0.1) is 5.82 Å². The van der Waals surface area contributed by atoms with Crippen molar-refractivity contribution in [3.05, 3.63) is 24.0 Å². The van der Waals surface area contributed by atoms with Gasteiger partial charge in [0, 0.05) is 24.4 Å². The summed E-state index contributed by atoms with van der Waals surface area (Å²) >= 11 is 0. The van der Waals surface area contributed by atoms with Crippen LogP contribution in [0.3, 0.4) is 0 Å². The van der Waals surface area contributed by atoms with Gasteiger partial charge in [0.25, 0.3) is 0 Å². The molecule has 0 heterocycles. The summed E-state index contributed by atoms with van der Waals surface area (Å²) in [5, 5.41) is 0. The van der Waals surface area contributed by atoms with E-state index in [0.29, 0.717) is 31.3 Å². The SMILES string of the molecule is CCCOCCOc1cc(N)cc(F)c1. The van der Waals surface area contributed by atoms with Gasteiger partial charge >= 0.3 is 0 Å². The van der Waals surface area contributed by atoms with Crippen LogP contribution in [-0.2, 0) is 4.74 Å². The highest BCUT2D eigenvalue weighted by atomic mass is 19.1. The van der Waals surface area contributed by atoms with E-state index >= 15 is 0 Å². The molecule has 1 aromatic carbocycles. The third kappa shape index (κ3) is 4.65. The van der Waals surface area contributed by atoms with Gasteiger partial charge in [-0.25, -0.2) is 4.39 Å². The summed E-state index contributed by atoms with van der Waals surface area (Å²) in [6.45, 7) is 3.66. The average molecular weight is 213 g/mol. The van der Waals surface area contributed by atoms with Crippen LogP contribution in [0.5, 0.6) is 5.75 Å². The van der Waals surface area contributed by atoms with E-state index in [-0.39, 0.29) is 5.82 Å². The normalized spacial score (nSPS) is 10.3. The first kappa shape index (κ1) is 11.8. The Morgan fingerprint density at radius 1 is 1.20 bits per heavy atom. The minimum absolute atomic E-state index is 0.361. The minimum Gasteiger partial charge on any atom is -0.491 e. The summed E-state index contributed by atoms with van der Waals surface area (Å²) in [5.74, 6) is 0.0482. The second-order valence-electron chi connectivity index (χ2n) is 3.18. The number of ether oxygens (including phenoxy) is 2. The molecular formula is C11H16FNO2. The fourth-order valence-corrected chi connectivity index (χ4v) is 1.13. The highest BCUT2D eigenvalue weighted by Gasteiger charge is 1.99. The number of rotatable bonds is 6. The van der Waals surface area contributed by atoms with E-state index < -0.39 is 0 Å². The quantitative estimate of drug-likeness (QED) is 0.582. The molecule has 84 valence electrons. The first-order valence-electron chi connectivity index (χ1n) is 4.99. The fourth-order valence-electron chi connectivity index (χ4n) is 1.13. The predicted octanol–water partition coefficient (Wildman–Crippen LogP) is 2.21. The van der Waals surface area contributed by atoms with Crippen molar-refractivity contribution in [1.29, 1.82) is 0 Å². The van der Waals surface area contributed by atoms with E-state index in [1.54, 1.807) is 6.07 Å². The van der Waals surface area contributed by atoms with Crippen LogP contribution in [0.25, 0.3) is 0 Å². The number of nitrogens with two attached hydrogens (primary N) is 1. The van der Waals surface area contributed by atoms with Crippen LogP contribution in [0.1, 0.15) is 13.3 Å².